The van der Waals surface area contributed by atoms with Gasteiger partial charge >= 0.3 is 0 Å². The van der Waals surface area contributed by atoms with E-state index in [2.05, 4.69) is 40.8 Å². The van der Waals surface area contributed by atoms with E-state index in [1.54, 1.807) is 5.38 Å². The molecule has 2 heterocycles. The van der Waals surface area contributed by atoms with Gasteiger partial charge in [-0.15, -0.1) is 5.10 Å². The van der Waals surface area contributed by atoms with Gasteiger partial charge in [-0.3, -0.25) is 4.79 Å². The van der Waals surface area contributed by atoms with E-state index in [9.17, 15) is 4.79 Å². The van der Waals surface area contributed by atoms with E-state index in [1.165, 1.54) is 12.4 Å². The first-order valence-electron chi connectivity index (χ1n) is 3.81. The first kappa shape index (κ1) is 10.1. The van der Waals surface area contributed by atoms with Crippen LogP contribution in [0.4, 0.5) is 5.82 Å². The molecule has 0 radical (unpaired) electrons. The molecule has 0 saturated heterocycles. The Balaban J connectivity index is 2.09. The van der Waals surface area contributed by atoms with E-state index >= 15 is 0 Å². The molecule has 1 N–H and O–H groups in total. The zero-order chi connectivity index (χ0) is 10.7. The van der Waals surface area contributed by atoms with Gasteiger partial charge in [0, 0.05) is 5.38 Å². The molecular weight excluding hydrogens is 282 g/mol. The van der Waals surface area contributed by atoms with Gasteiger partial charge in [-0.25, -0.2) is 9.97 Å². The van der Waals surface area contributed by atoms with Gasteiger partial charge in [0.1, 0.15) is 4.60 Å². The molecule has 0 atom stereocenters. The molecule has 0 aromatic carbocycles. The normalized spacial score (nSPS) is 9.93. The summed E-state index contributed by atoms with van der Waals surface area (Å²) >= 11 is 4.26. The number of nitrogens with one attached hydrogen (secondary N) is 1. The second-order valence-corrected chi connectivity index (χ2v) is 3.89. The Labute approximate surface area is 97.1 Å². The summed E-state index contributed by atoms with van der Waals surface area (Å²) in [4.78, 5) is 19.3. The number of halogens is 1. The Morgan fingerprint density at radius 1 is 1.40 bits per heavy atom. The number of nitrogens with zero attached hydrogens (tertiary/aromatic N) is 4. The molecule has 2 aromatic heterocycles. The van der Waals surface area contributed by atoms with Crippen molar-refractivity contribution in [3.8, 4) is 0 Å². The molecule has 2 rings (SSSR count). The number of carbonyl (C=O) groups is 1. The summed E-state index contributed by atoms with van der Waals surface area (Å²) < 4.78 is 4.19. The smallest absolute Gasteiger partial charge is 0.278 e. The molecule has 6 nitrogen and oxygen atoms in total. The zero-order valence-electron chi connectivity index (χ0n) is 7.22. The summed E-state index contributed by atoms with van der Waals surface area (Å²) in [5, 5.41) is 7.73. The summed E-state index contributed by atoms with van der Waals surface area (Å²) in [6.45, 7) is 0. The zero-order valence-corrected chi connectivity index (χ0v) is 9.62. The maximum Gasteiger partial charge on any atom is 0.278 e. The lowest BCUT2D eigenvalue weighted by atomic mass is 10.4. The predicted molar refractivity (Wildman–Crippen MR) is 57.6 cm³/mol. The van der Waals surface area contributed by atoms with Gasteiger partial charge in [0.15, 0.2) is 11.5 Å². The fourth-order valence-corrected chi connectivity index (χ4v) is 1.46. The largest absolute Gasteiger partial charge is 0.304 e. The molecule has 0 spiro atoms. The molecule has 0 saturated carbocycles. The van der Waals surface area contributed by atoms with Gasteiger partial charge < -0.3 is 5.32 Å². The van der Waals surface area contributed by atoms with Crippen LogP contribution < -0.4 is 5.32 Å². The van der Waals surface area contributed by atoms with Crippen molar-refractivity contribution in [3.63, 3.8) is 0 Å². The maximum atomic E-state index is 11.5. The van der Waals surface area contributed by atoms with E-state index in [-0.39, 0.29) is 11.6 Å². The van der Waals surface area contributed by atoms with Crippen LogP contribution in [0.3, 0.4) is 0 Å². The SMILES string of the molecule is O=C(Nc1cnc(Br)cn1)c1csnn1. The van der Waals surface area contributed by atoms with Crippen LogP contribution in [0, 0.1) is 0 Å². The average Bonchev–Trinajstić information content (AvgIpc) is 2.74. The van der Waals surface area contributed by atoms with Gasteiger partial charge in [-0.2, -0.15) is 0 Å². The fraction of sp³-hybridized carbons (Fsp3) is 0. The van der Waals surface area contributed by atoms with Crippen molar-refractivity contribution in [2.45, 2.75) is 0 Å². The lowest BCUT2D eigenvalue weighted by Gasteiger charge is -2.00. The number of anilines is 1. The minimum atomic E-state index is -0.347. The van der Waals surface area contributed by atoms with E-state index in [1.807, 2.05) is 0 Å². The molecule has 0 aliphatic rings. The highest BCUT2D eigenvalue weighted by Gasteiger charge is 2.09. The van der Waals surface area contributed by atoms with E-state index < -0.39 is 0 Å². The van der Waals surface area contributed by atoms with Crippen molar-refractivity contribution < 1.29 is 4.79 Å². The number of aromatic nitrogens is 4. The summed E-state index contributed by atoms with van der Waals surface area (Å²) in [5.41, 5.74) is 0.268. The van der Waals surface area contributed by atoms with E-state index in [0.717, 1.165) is 11.5 Å². The highest BCUT2D eigenvalue weighted by Crippen LogP contribution is 2.07. The van der Waals surface area contributed by atoms with Crippen LogP contribution in [0.25, 0.3) is 0 Å². The van der Waals surface area contributed by atoms with Crippen LogP contribution in [0.5, 0.6) is 0 Å². The molecule has 0 aliphatic carbocycles. The summed E-state index contributed by atoms with van der Waals surface area (Å²) in [5.74, 6) is 0.0246. The predicted octanol–water partition coefficient (Wildman–Crippen LogP) is 1.34. The Bertz CT molecular complexity index is 457. The Morgan fingerprint density at radius 2 is 2.27 bits per heavy atom. The Kier molecular flexibility index (Phi) is 2.97. The van der Waals surface area contributed by atoms with Crippen molar-refractivity contribution in [2.75, 3.05) is 5.32 Å². The minimum Gasteiger partial charge on any atom is -0.304 e. The first-order chi connectivity index (χ1) is 7.25. The van der Waals surface area contributed by atoms with Crippen LogP contribution in [0.15, 0.2) is 22.4 Å². The van der Waals surface area contributed by atoms with Crippen molar-refractivity contribution >= 4 is 39.2 Å². The Morgan fingerprint density at radius 3 is 2.87 bits per heavy atom. The highest BCUT2D eigenvalue weighted by molar-refractivity contribution is 9.10. The standard InChI is InChI=1S/C7H4BrN5OS/c8-5-1-10-6(2-9-5)11-7(14)4-3-15-13-12-4/h1-3H,(H,10,11,14). The molecular formula is C7H4BrN5OS. The minimum absolute atomic E-state index is 0.268. The third-order valence-electron chi connectivity index (χ3n) is 1.45. The van der Waals surface area contributed by atoms with E-state index in [4.69, 9.17) is 0 Å². The van der Waals surface area contributed by atoms with Crippen molar-refractivity contribution in [1.82, 2.24) is 19.6 Å². The highest BCUT2D eigenvalue weighted by atomic mass is 79.9. The summed E-state index contributed by atoms with van der Waals surface area (Å²) in [6, 6.07) is 0. The van der Waals surface area contributed by atoms with Crippen LogP contribution in [-0.4, -0.2) is 25.5 Å². The summed E-state index contributed by atoms with van der Waals surface area (Å²) in [6.07, 6.45) is 2.94. The third kappa shape index (κ3) is 2.54. The third-order valence-corrected chi connectivity index (χ3v) is 2.37. The van der Waals surface area contributed by atoms with Crippen LogP contribution >= 0.6 is 27.5 Å². The average molecular weight is 286 g/mol. The monoisotopic (exact) mass is 285 g/mol. The second-order valence-electron chi connectivity index (χ2n) is 2.47. The Hall–Kier alpha value is -1.41. The number of hydrogen-bond acceptors (Lipinski definition) is 6. The molecule has 0 unspecified atom stereocenters. The van der Waals surface area contributed by atoms with Gasteiger partial charge in [-0.1, -0.05) is 4.49 Å². The van der Waals surface area contributed by atoms with Crippen molar-refractivity contribution in [2.24, 2.45) is 0 Å². The van der Waals surface area contributed by atoms with Gasteiger partial charge in [0.2, 0.25) is 0 Å². The number of hydrogen-bond donors (Lipinski definition) is 1. The number of carbonyl (C=O) groups excluding carboxylic acids is 1. The molecule has 15 heavy (non-hydrogen) atoms. The molecule has 0 bridgehead atoms. The second kappa shape index (κ2) is 4.41. The molecule has 8 heteroatoms. The molecule has 1 amide bonds. The number of rotatable bonds is 2. The number of amides is 1. The van der Waals surface area contributed by atoms with Gasteiger partial charge in [-0.05, 0) is 27.5 Å². The lowest BCUT2D eigenvalue weighted by Crippen LogP contribution is -2.13. The van der Waals surface area contributed by atoms with Crippen LogP contribution in [-0.2, 0) is 0 Å². The van der Waals surface area contributed by atoms with Gasteiger partial charge in [0.05, 0.1) is 12.4 Å². The molecule has 76 valence electrons. The quantitative estimate of drug-likeness (QED) is 0.901. The molecule has 2 aromatic rings. The fourth-order valence-electron chi connectivity index (χ4n) is 0.821. The van der Waals surface area contributed by atoms with Crippen molar-refractivity contribution in [1.29, 1.82) is 0 Å². The van der Waals surface area contributed by atoms with Crippen LogP contribution in [0.1, 0.15) is 10.5 Å². The lowest BCUT2D eigenvalue weighted by molar-refractivity contribution is 0.102. The maximum absolute atomic E-state index is 11.5. The topological polar surface area (TPSA) is 80.7 Å². The van der Waals surface area contributed by atoms with E-state index in [0.29, 0.717) is 10.4 Å². The molecule has 0 aliphatic heterocycles. The van der Waals surface area contributed by atoms with Crippen LogP contribution in [0.2, 0.25) is 0 Å². The van der Waals surface area contributed by atoms with Gasteiger partial charge in [0.25, 0.3) is 5.91 Å². The summed E-state index contributed by atoms with van der Waals surface area (Å²) in [7, 11) is 0. The van der Waals surface area contributed by atoms with Crippen molar-refractivity contribution in [3.05, 3.63) is 28.1 Å². The molecule has 0 fully saturated rings. The first-order valence-corrected chi connectivity index (χ1v) is 5.44.